The van der Waals surface area contributed by atoms with E-state index in [-0.39, 0.29) is 0 Å². The summed E-state index contributed by atoms with van der Waals surface area (Å²) in [5.74, 6) is 0. The fourth-order valence-electron chi connectivity index (χ4n) is 4.74. The van der Waals surface area contributed by atoms with Crippen LogP contribution in [-0.4, -0.2) is 51.4 Å². The molecule has 2 aliphatic carbocycles. The van der Waals surface area contributed by atoms with E-state index in [1.165, 1.54) is 56.3 Å². The highest BCUT2D eigenvalue weighted by molar-refractivity contribution is 5.39. The molecule has 1 saturated heterocycles. The lowest BCUT2D eigenvalue weighted by Crippen LogP contribution is -2.44. The summed E-state index contributed by atoms with van der Waals surface area (Å²) in [6.45, 7) is 6.36. The van der Waals surface area contributed by atoms with E-state index in [4.69, 9.17) is 0 Å². The van der Waals surface area contributed by atoms with Crippen LogP contribution < -0.4 is 26.6 Å². The van der Waals surface area contributed by atoms with Gasteiger partial charge in [0.25, 0.3) is 0 Å². The fourth-order valence-corrected chi connectivity index (χ4v) is 4.74. The number of rotatable bonds is 0. The van der Waals surface area contributed by atoms with Crippen molar-refractivity contribution in [3.63, 3.8) is 0 Å². The number of hydrogen-bond acceptors (Lipinski definition) is 5. The quantitative estimate of drug-likeness (QED) is 0.458. The van der Waals surface area contributed by atoms with E-state index in [2.05, 4.69) is 26.6 Å². The minimum Gasteiger partial charge on any atom is -0.362 e. The average Bonchev–Trinajstić information content (AvgIpc) is 2.62. The van der Waals surface area contributed by atoms with Crippen molar-refractivity contribution in [3.05, 3.63) is 22.5 Å². The number of dihydropyridines is 1. The highest BCUT2D eigenvalue weighted by Crippen LogP contribution is 2.38. The van der Waals surface area contributed by atoms with E-state index in [0.717, 1.165) is 39.3 Å². The summed E-state index contributed by atoms with van der Waals surface area (Å²) in [5.41, 5.74) is 6.39. The van der Waals surface area contributed by atoms with Gasteiger partial charge >= 0.3 is 0 Å². The van der Waals surface area contributed by atoms with Crippen LogP contribution in [-0.2, 0) is 0 Å². The fraction of sp³-hybridized carbons (Fsp3) is 0.789. The van der Waals surface area contributed by atoms with Crippen LogP contribution in [0.5, 0.6) is 0 Å². The Kier molecular flexibility index (Phi) is 5.53. The molecule has 0 aromatic rings. The van der Waals surface area contributed by atoms with Gasteiger partial charge in [0.15, 0.2) is 0 Å². The molecule has 0 spiro atoms. The Morgan fingerprint density at radius 2 is 1.12 bits per heavy atom. The summed E-state index contributed by atoms with van der Waals surface area (Å²) in [6, 6.07) is 1.14. The number of allylic oxidation sites excluding steroid dienone is 2. The van der Waals surface area contributed by atoms with Crippen molar-refractivity contribution in [1.29, 1.82) is 0 Å². The Labute approximate surface area is 146 Å². The van der Waals surface area contributed by atoms with Crippen molar-refractivity contribution in [2.24, 2.45) is 0 Å². The second-order valence-corrected chi connectivity index (χ2v) is 7.61. The highest BCUT2D eigenvalue weighted by Gasteiger charge is 2.32. The maximum absolute atomic E-state index is 3.86. The molecule has 5 heteroatoms. The van der Waals surface area contributed by atoms with Crippen LogP contribution in [0.4, 0.5) is 0 Å². The summed E-state index contributed by atoms with van der Waals surface area (Å²) in [5, 5.41) is 18.6. The number of hydrogen-bond donors (Lipinski definition) is 5. The van der Waals surface area contributed by atoms with Crippen LogP contribution in [0.1, 0.15) is 44.9 Å². The van der Waals surface area contributed by atoms with Gasteiger partial charge < -0.3 is 26.6 Å². The molecule has 0 unspecified atom stereocenters. The Balaban J connectivity index is 1.53. The van der Waals surface area contributed by atoms with Crippen molar-refractivity contribution in [2.45, 2.75) is 57.0 Å². The van der Waals surface area contributed by atoms with E-state index in [1.54, 1.807) is 11.1 Å². The van der Waals surface area contributed by atoms with Crippen LogP contribution in [0.15, 0.2) is 22.5 Å². The molecule has 24 heavy (non-hydrogen) atoms. The van der Waals surface area contributed by atoms with Crippen LogP contribution in [0, 0.1) is 0 Å². The summed E-state index contributed by atoms with van der Waals surface area (Å²) >= 11 is 0. The third-order valence-corrected chi connectivity index (χ3v) is 6.00. The Bertz CT molecular complexity index is 466. The van der Waals surface area contributed by atoms with E-state index in [9.17, 15) is 0 Å². The first kappa shape index (κ1) is 16.6. The molecule has 2 atom stereocenters. The summed E-state index contributed by atoms with van der Waals surface area (Å²) < 4.78 is 0. The zero-order valence-electron chi connectivity index (χ0n) is 14.8. The molecule has 2 bridgehead atoms. The van der Waals surface area contributed by atoms with E-state index < -0.39 is 0 Å². The zero-order chi connectivity index (χ0) is 16.2. The molecular weight excluding hydrogens is 298 g/mol. The van der Waals surface area contributed by atoms with E-state index in [1.807, 2.05) is 0 Å². The van der Waals surface area contributed by atoms with Gasteiger partial charge in [0, 0.05) is 62.7 Å². The van der Waals surface area contributed by atoms with Crippen molar-refractivity contribution >= 4 is 0 Å². The maximum Gasteiger partial charge on any atom is 0.0303 e. The molecule has 0 aromatic heterocycles. The van der Waals surface area contributed by atoms with Gasteiger partial charge in [0.05, 0.1) is 0 Å². The van der Waals surface area contributed by atoms with Gasteiger partial charge in [-0.3, -0.25) is 0 Å². The Morgan fingerprint density at radius 3 is 1.67 bits per heavy atom. The van der Waals surface area contributed by atoms with Gasteiger partial charge in [-0.25, -0.2) is 0 Å². The summed E-state index contributed by atoms with van der Waals surface area (Å²) in [7, 11) is 0. The van der Waals surface area contributed by atoms with Gasteiger partial charge in [0.1, 0.15) is 0 Å². The number of nitrogens with one attached hydrogen (secondary N) is 5. The van der Waals surface area contributed by atoms with Gasteiger partial charge in [0.2, 0.25) is 0 Å². The highest BCUT2D eigenvalue weighted by atomic mass is 15.0. The molecule has 0 saturated carbocycles. The average molecular weight is 332 g/mol. The molecule has 1 fully saturated rings. The molecule has 5 nitrogen and oxygen atoms in total. The molecule has 0 radical (unpaired) electrons. The molecule has 2 heterocycles. The predicted octanol–water partition coefficient (Wildman–Crippen LogP) is 0.965. The van der Waals surface area contributed by atoms with E-state index >= 15 is 0 Å². The van der Waals surface area contributed by atoms with Crippen molar-refractivity contribution < 1.29 is 0 Å². The lowest BCUT2D eigenvalue weighted by molar-refractivity contribution is 0.427. The lowest BCUT2D eigenvalue weighted by atomic mass is 9.78. The Hall–Kier alpha value is -0.880. The second-order valence-electron chi connectivity index (χ2n) is 7.61. The topological polar surface area (TPSA) is 60.1 Å². The van der Waals surface area contributed by atoms with Crippen LogP contribution >= 0.6 is 0 Å². The summed E-state index contributed by atoms with van der Waals surface area (Å²) in [4.78, 5) is 0. The first-order chi connectivity index (χ1) is 11.9. The third-order valence-electron chi connectivity index (χ3n) is 6.00. The molecular formula is C19H33N5. The van der Waals surface area contributed by atoms with Crippen molar-refractivity contribution in [2.75, 3.05) is 39.3 Å². The van der Waals surface area contributed by atoms with Gasteiger partial charge in [-0.15, -0.1) is 0 Å². The second kappa shape index (κ2) is 8.00. The minimum atomic E-state index is 0.572. The molecule has 0 amide bonds. The maximum atomic E-state index is 3.86. The lowest BCUT2D eigenvalue weighted by Gasteiger charge is -2.40. The Morgan fingerprint density at radius 1 is 0.625 bits per heavy atom. The van der Waals surface area contributed by atoms with Crippen LogP contribution in [0.2, 0.25) is 0 Å². The molecule has 0 aromatic carbocycles. The minimum absolute atomic E-state index is 0.572. The molecule has 2 aliphatic heterocycles. The van der Waals surface area contributed by atoms with Gasteiger partial charge in [-0.1, -0.05) is 0 Å². The normalized spacial score (nSPS) is 32.7. The molecule has 134 valence electrons. The van der Waals surface area contributed by atoms with Gasteiger partial charge in [-0.05, 0) is 56.1 Å². The smallest absolute Gasteiger partial charge is 0.0303 e. The van der Waals surface area contributed by atoms with Gasteiger partial charge in [-0.2, -0.15) is 0 Å². The van der Waals surface area contributed by atoms with E-state index in [0.29, 0.717) is 12.1 Å². The van der Waals surface area contributed by atoms with Crippen LogP contribution in [0.3, 0.4) is 0 Å². The predicted molar refractivity (Wildman–Crippen MR) is 98.8 cm³/mol. The first-order valence-corrected chi connectivity index (χ1v) is 10.0. The first-order valence-electron chi connectivity index (χ1n) is 10.0. The molecule has 4 aliphatic rings. The molecule has 5 N–H and O–H groups in total. The molecule has 4 rings (SSSR count). The third kappa shape index (κ3) is 3.69. The van der Waals surface area contributed by atoms with Crippen LogP contribution in [0.25, 0.3) is 0 Å². The monoisotopic (exact) mass is 331 g/mol. The zero-order valence-corrected chi connectivity index (χ0v) is 14.8. The largest absolute Gasteiger partial charge is 0.362 e. The summed E-state index contributed by atoms with van der Waals surface area (Å²) in [6.07, 6.45) is 8.88. The van der Waals surface area contributed by atoms with Crippen molar-refractivity contribution in [3.8, 4) is 0 Å². The SMILES string of the molecule is C1CC2=C3CC4=C(CCC[C@@H]4NCCNCCNCCN[C@H]3C1)N2. The standard InChI is InChI=1S/C19H33N5/c1-3-16-14-13-15-17(4-2-6-19(15)24-18(14)5-1)23-12-10-21-8-7-20-9-11-22-16/h16-17,20-24H,1-13H2/t16-,17-/m0/s1. The van der Waals surface area contributed by atoms with Crippen molar-refractivity contribution in [1.82, 2.24) is 26.6 Å².